The van der Waals surface area contributed by atoms with Crippen molar-refractivity contribution in [3.8, 4) is 0 Å². The minimum Gasteiger partial charge on any atom is -0.388 e. The number of ether oxygens (including phenoxy) is 1. The second-order valence-electron chi connectivity index (χ2n) is 5.16. The van der Waals surface area contributed by atoms with E-state index in [1.165, 1.54) is 6.33 Å². The maximum atomic E-state index is 10.3. The lowest BCUT2D eigenvalue weighted by atomic mass is 10.1. The number of aromatic nitrogens is 3. The third-order valence-electron chi connectivity index (χ3n) is 3.78. The Hall–Kier alpha value is -0.990. The van der Waals surface area contributed by atoms with Crippen molar-refractivity contribution in [3.63, 3.8) is 0 Å². The van der Waals surface area contributed by atoms with Crippen LogP contribution in [0.3, 0.4) is 0 Å². The van der Waals surface area contributed by atoms with Crippen molar-refractivity contribution in [2.45, 2.75) is 37.4 Å². The van der Waals surface area contributed by atoms with Gasteiger partial charge >= 0.3 is 0 Å². The molecule has 3 rings (SSSR count). The highest BCUT2D eigenvalue weighted by Gasteiger charge is 2.43. The molecule has 2 aromatic rings. The number of allylic oxidation sites excluding steroid dienone is 1. The van der Waals surface area contributed by atoms with Gasteiger partial charge in [-0.2, -0.15) is 0 Å². The summed E-state index contributed by atoms with van der Waals surface area (Å²) in [6, 6.07) is 0. The van der Waals surface area contributed by atoms with E-state index in [0.717, 1.165) is 0 Å². The zero-order chi connectivity index (χ0) is 15.9. The molecular weight excluding hydrogens is 374 g/mol. The van der Waals surface area contributed by atoms with Crippen molar-refractivity contribution >= 4 is 38.6 Å². The number of aliphatic hydroxyl groups excluding tert-OH is 2. The SMILES string of the molecule is C=CCC[C@H]1O[C@@H](n2cc(Br)c3c(Cl)ncnc32)[C@H](O)[C@@H]1O. The molecule has 0 aliphatic carbocycles. The van der Waals surface area contributed by atoms with Gasteiger partial charge in [-0.1, -0.05) is 17.7 Å². The van der Waals surface area contributed by atoms with Gasteiger partial charge < -0.3 is 19.5 Å². The van der Waals surface area contributed by atoms with Crippen molar-refractivity contribution in [1.29, 1.82) is 0 Å². The van der Waals surface area contributed by atoms with Crippen LogP contribution in [0.1, 0.15) is 19.1 Å². The third-order valence-corrected chi connectivity index (χ3v) is 4.67. The first kappa shape index (κ1) is 15.9. The van der Waals surface area contributed by atoms with Gasteiger partial charge in [-0.3, -0.25) is 0 Å². The Kier molecular flexibility index (Phi) is 4.52. The van der Waals surface area contributed by atoms with Crippen LogP contribution >= 0.6 is 27.5 Å². The molecule has 4 atom stereocenters. The summed E-state index contributed by atoms with van der Waals surface area (Å²) in [5.74, 6) is 0. The molecule has 22 heavy (non-hydrogen) atoms. The molecule has 2 N–H and O–H groups in total. The molecule has 0 radical (unpaired) electrons. The highest BCUT2D eigenvalue weighted by Crippen LogP contribution is 2.37. The molecule has 0 unspecified atom stereocenters. The molecule has 1 saturated heterocycles. The van der Waals surface area contributed by atoms with Crippen molar-refractivity contribution < 1.29 is 14.9 Å². The summed E-state index contributed by atoms with van der Waals surface area (Å²) in [6.45, 7) is 3.65. The molecule has 1 fully saturated rings. The molecule has 1 aliphatic rings. The lowest BCUT2D eigenvalue weighted by Gasteiger charge is -2.17. The molecule has 3 heterocycles. The molecule has 0 bridgehead atoms. The number of hydrogen-bond acceptors (Lipinski definition) is 5. The first-order chi connectivity index (χ1) is 10.5. The van der Waals surface area contributed by atoms with E-state index in [2.05, 4.69) is 32.5 Å². The minimum absolute atomic E-state index is 0.312. The normalized spacial score (nSPS) is 28.4. The van der Waals surface area contributed by atoms with Crippen LogP contribution in [0.25, 0.3) is 11.0 Å². The van der Waals surface area contributed by atoms with Gasteiger partial charge in [-0.15, -0.1) is 6.58 Å². The van der Waals surface area contributed by atoms with E-state index >= 15 is 0 Å². The van der Waals surface area contributed by atoms with Crippen LogP contribution < -0.4 is 0 Å². The molecule has 2 aromatic heterocycles. The van der Waals surface area contributed by atoms with E-state index in [1.807, 2.05) is 0 Å². The van der Waals surface area contributed by atoms with Crippen LogP contribution in [0.5, 0.6) is 0 Å². The highest BCUT2D eigenvalue weighted by atomic mass is 79.9. The quantitative estimate of drug-likeness (QED) is 0.621. The average molecular weight is 389 g/mol. The summed E-state index contributed by atoms with van der Waals surface area (Å²) < 4.78 is 8.19. The molecule has 118 valence electrons. The van der Waals surface area contributed by atoms with E-state index in [-0.39, 0.29) is 0 Å². The monoisotopic (exact) mass is 387 g/mol. The number of halogens is 2. The number of hydrogen-bond donors (Lipinski definition) is 2. The largest absolute Gasteiger partial charge is 0.388 e. The number of nitrogens with zero attached hydrogens (tertiary/aromatic N) is 3. The maximum absolute atomic E-state index is 10.3. The Morgan fingerprint density at radius 2 is 2.18 bits per heavy atom. The number of fused-ring (bicyclic) bond motifs is 1. The summed E-state index contributed by atoms with van der Waals surface area (Å²) in [7, 11) is 0. The van der Waals surface area contributed by atoms with Gasteiger partial charge in [0.05, 0.1) is 11.5 Å². The minimum atomic E-state index is -1.05. The van der Waals surface area contributed by atoms with Crippen LogP contribution in [-0.4, -0.2) is 43.1 Å². The zero-order valence-electron chi connectivity index (χ0n) is 11.6. The first-order valence-electron chi connectivity index (χ1n) is 6.83. The van der Waals surface area contributed by atoms with Gasteiger partial charge in [0.25, 0.3) is 0 Å². The predicted octanol–water partition coefficient (Wildman–Crippen LogP) is 2.43. The second-order valence-corrected chi connectivity index (χ2v) is 6.37. The number of rotatable bonds is 4. The molecule has 0 aromatic carbocycles. The topological polar surface area (TPSA) is 80.4 Å². The van der Waals surface area contributed by atoms with Gasteiger partial charge in [0.2, 0.25) is 0 Å². The molecule has 0 saturated carbocycles. The van der Waals surface area contributed by atoms with Crippen LogP contribution in [0.2, 0.25) is 5.15 Å². The second kappa shape index (κ2) is 6.25. The molecule has 0 amide bonds. The fourth-order valence-electron chi connectivity index (χ4n) is 2.68. The molecule has 8 heteroatoms. The number of aliphatic hydroxyl groups is 2. The Morgan fingerprint density at radius 3 is 2.91 bits per heavy atom. The van der Waals surface area contributed by atoms with E-state index in [9.17, 15) is 10.2 Å². The van der Waals surface area contributed by atoms with Gasteiger partial charge in [0.15, 0.2) is 6.23 Å². The van der Waals surface area contributed by atoms with Gasteiger partial charge in [-0.25, -0.2) is 9.97 Å². The summed E-state index contributed by atoms with van der Waals surface area (Å²) in [5.41, 5.74) is 0.535. The standard InChI is InChI=1S/C14H15BrClN3O3/c1-2-3-4-8-10(20)11(21)14(22-8)19-5-7(15)9-12(16)17-6-18-13(9)19/h2,5-6,8,10-11,14,20-21H,1,3-4H2/t8-,10-,11-,14-/m1/s1. The van der Waals surface area contributed by atoms with Gasteiger partial charge in [-0.05, 0) is 28.8 Å². The Labute approximate surface area is 140 Å². The predicted molar refractivity (Wildman–Crippen MR) is 85.6 cm³/mol. The van der Waals surface area contributed by atoms with Crippen molar-refractivity contribution in [1.82, 2.24) is 14.5 Å². The molecular formula is C14H15BrClN3O3. The third kappa shape index (κ3) is 2.57. The Bertz CT molecular complexity index is 708. The Balaban J connectivity index is 1.98. The summed E-state index contributed by atoms with van der Waals surface area (Å²) in [6.07, 6.45) is 2.92. The maximum Gasteiger partial charge on any atom is 0.164 e. The molecule has 1 aliphatic heterocycles. The van der Waals surface area contributed by atoms with Crippen molar-refractivity contribution in [3.05, 3.63) is 34.8 Å². The van der Waals surface area contributed by atoms with E-state index in [1.54, 1.807) is 16.8 Å². The zero-order valence-corrected chi connectivity index (χ0v) is 13.9. The van der Waals surface area contributed by atoms with E-state index in [4.69, 9.17) is 16.3 Å². The fraction of sp³-hybridized carbons (Fsp3) is 0.429. The highest BCUT2D eigenvalue weighted by molar-refractivity contribution is 9.10. The van der Waals surface area contributed by atoms with Crippen LogP contribution in [0.15, 0.2) is 29.7 Å². The molecule has 6 nitrogen and oxygen atoms in total. The molecule has 0 spiro atoms. The summed E-state index contributed by atoms with van der Waals surface area (Å²) >= 11 is 9.50. The van der Waals surface area contributed by atoms with E-state index in [0.29, 0.717) is 33.5 Å². The van der Waals surface area contributed by atoms with Crippen LogP contribution in [0, 0.1) is 0 Å². The van der Waals surface area contributed by atoms with Crippen LogP contribution in [0.4, 0.5) is 0 Å². The van der Waals surface area contributed by atoms with E-state index < -0.39 is 24.5 Å². The lowest BCUT2D eigenvalue weighted by molar-refractivity contribution is -0.0363. The van der Waals surface area contributed by atoms with Gasteiger partial charge in [0, 0.05) is 10.7 Å². The van der Waals surface area contributed by atoms with Crippen molar-refractivity contribution in [2.75, 3.05) is 0 Å². The van der Waals surface area contributed by atoms with Gasteiger partial charge in [0.1, 0.15) is 29.3 Å². The summed E-state index contributed by atoms with van der Waals surface area (Å²) in [4.78, 5) is 8.15. The average Bonchev–Trinajstić information content (AvgIpc) is 2.97. The summed E-state index contributed by atoms with van der Waals surface area (Å²) in [5, 5.41) is 21.4. The fourth-order valence-corrected chi connectivity index (χ4v) is 3.61. The van der Waals surface area contributed by atoms with Crippen molar-refractivity contribution in [2.24, 2.45) is 0 Å². The first-order valence-corrected chi connectivity index (χ1v) is 8.00. The Morgan fingerprint density at radius 1 is 1.41 bits per heavy atom. The van der Waals surface area contributed by atoms with Crippen LogP contribution in [-0.2, 0) is 4.74 Å². The lowest BCUT2D eigenvalue weighted by Crippen LogP contribution is -2.31. The smallest absolute Gasteiger partial charge is 0.164 e.